The molecule has 1 amide bonds. The topological polar surface area (TPSA) is 88.5 Å². The average Bonchev–Trinajstić information content (AvgIpc) is 3.04. The molecule has 0 aliphatic rings. The van der Waals surface area contributed by atoms with Crippen LogP contribution in [0.1, 0.15) is 0 Å². The molecule has 0 saturated heterocycles. The quantitative estimate of drug-likeness (QED) is 0.693. The number of rotatable bonds is 4. The maximum absolute atomic E-state index is 11.6. The molecule has 0 aliphatic carbocycles. The summed E-state index contributed by atoms with van der Waals surface area (Å²) in [4.78, 5) is 19.2. The van der Waals surface area contributed by atoms with Gasteiger partial charge in [-0.3, -0.25) is 10.2 Å². The molecular formula is C11H10N6OS. The second-order valence-electron chi connectivity index (χ2n) is 3.75. The summed E-state index contributed by atoms with van der Waals surface area (Å²) in [5, 5.41) is 7.91. The van der Waals surface area contributed by atoms with Crippen LogP contribution in [-0.2, 0) is 4.79 Å². The van der Waals surface area contributed by atoms with Gasteiger partial charge >= 0.3 is 0 Å². The highest BCUT2D eigenvalue weighted by Gasteiger charge is 2.07. The number of nitrogens with zero attached hydrogens (tertiary/aromatic N) is 4. The zero-order chi connectivity index (χ0) is 13.1. The number of amides is 1. The van der Waals surface area contributed by atoms with Crippen LogP contribution in [0.4, 0.5) is 0 Å². The Morgan fingerprint density at radius 3 is 2.89 bits per heavy atom. The third kappa shape index (κ3) is 2.74. The molecule has 19 heavy (non-hydrogen) atoms. The van der Waals surface area contributed by atoms with Gasteiger partial charge in [-0.05, 0) is 12.1 Å². The minimum atomic E-state index is -0.148. The molecule has 0 spiro atoms. The summed E-state index contributed by atoms with van der Waals surface area (Å²) in [6.45, 7) is 0. The van der Waals surface area contributed by atoms with Crippen LogP contribution in [0, 0.1) is 0 Å². The number of imidazole rings is 1. The van der Waals surface area contributed by atoms with E-state index in [1.165, 1.54) is 29.1 Å². The van der Waals surface area contributed by atoms with Gasteiger partial charge in [0.1, 0.15) is 12.7 Å². The molecule has 2 aromatic heterocycles. The molecule has 0 unspecified atom stereocenters. The number of carbonyl (C=O) groups is 1. The maximum Gasteiger partial charge on any atom is 0.249 e. The zero-order valence-electron chi connectivity index (χ0n) is 9.78. The molecule has 8 heteroatoms. The molecule has 1 aromatic carbocycles. The summed E-state index contributed by atoms with van der Waals surface area (Å²) in [6.07, 6.45) is 2.84. The molecule has 3 aromatic rings. The van der Waals surface area contributed by atoms with Crippen molar-refractivity contribution in [3.63, 3.8) is 0 Å². The highest BCUT2D eigenvalue weighted by atomic mass is 32.2. The van der Waals surface area contributed by atoms with Gasteiger partial charge in [0.15, 0.2) is 5.16 Å². The summed E-state index contributed by atoms with van der Waals surface area (Å²) in [6, 6.07) is 7.74. The smallest absolute Gasteiger partial charge is 0.249 e. The monoisotopic (exact) mass is 274 g/mol. The number of carbonyl (C=O) groups excluding carboxylic acids is 1. The number of thioether (sulfide) groups is 1. The second kappa shape index (κ2) is 5.11. The predicted molar refractivity (Wildman–Crippen MR) is 71.2 cm³/mol. The molecule has 96 valence electrons. The fraction of sp³-hybridized carbons (Fsp3) is 0.0909. The number of fused-ring (bicyclic) bond motifs is 1. The lowest BCUT2D eigenvalue weighted by Crippen LogP contribution is -2.23. The number of aromatic amines is 1. The molecule has 0 saturated carbocycles. The Morgan fingerprint density at radius 2 is 2.11 bits per heavy atom. The molecule has 2 N–H and O–H groups in total. The number of H-pyrrole nitrogens is 1. The van der Waals surface area contributed by atoms with Crippen molar-refractivity contribution in [3.05, 3.63) is 36.9 Å². The Hall–Kier alpha value is -2.35. The van der Waals surface area contributed by atoms with Crippen LogP contribution in [0.2, 0.25) is 0 Å². The van der Waals surface area contributed by atoms with E-state index in [1.807, 2.05) is 24.3 Å². The summed E-state index contributed by atoms with van der Waals surface area (Å²) >= 11 is 1.34. The van der Waals surface area contributed by atoms with Crippen LogP contribution in [-0.4, -0.2) is 36.5 Å². The van der Waals surface area contributed by atoms with Gasteiger partial charge < -0.3 is 4.98 Å². The molecule has 7 nitrogen and oxygen atoms in total. The lowest BCUT2D eigenvalue weighted by molar-refractivity contribution is -0.114. The van der Waals surface area contributed by atoms with Crippen molar-refractivity contribution in [2.45, 2.75) is 5.16 Å². The Labute approximate surface area is 112 Å². The summed E-state index contributed by atoms with van der Waals surface area (Å²) in [5.74, 6) is 0.114. The molecule has 0 radical (unpaired) electrons. The van der Waals surface area contributed by atoms with E-state index < -0.39 is 0 Å². The van der Waals surface area contributed by atoms with Crippen molar-refractivity contribution in [2.24, 2.45) is 0 Å². The van der Waals surface area contributed by atoms with Gasteiger partial charge in [0, 0.05) is 0 Å². The van der Waals surface area contributed by atoms with Gasteiger partial charge in [0.2, 0.25) is 5.91 Å². The van der Waals surface area contributed by atoms with Gasteiger partial charge in [-0.1, -0.05) is 23.9 Å². The van der Waals surface area contributed by atoms with E-state index in [2.05, 4.69) is 25.6 Å². The van der Waals surface area contributed by atoms with Crippen LogP contribution in [0.3, 0.4) is 0 Å². The van der Waals surface area contributed by atoms with E-state index in [-0.39, 0.29) is 11.7 Å². The SMILES string of the molecule is O=C(CSc1nc2ccccc2[nH]1)Nn1cnnc1. The first-order valence-corrected chi connectivity index (χ1v) is 6.52. The van der Waals surface area contributed by atoms with Crippen LogP contribution in [0.25, 0.3) is 11.0 Å². The normalized spacial score (nSPS) is 10.7. The van der Waals surface area contributed by atoms with Gasteiger partial charge in [-0.25, -0.2) is 9.66 Å². The van der Waals surface area contributed by atoms with E-state index in [9.17, 15) is 4.79 Å². The number of para-hydroxylation sites is 2. The predicted octanol–water partition coefficient (Wildman–Crippen LogP) is 1.02. The number of nitrogens with one attached hydrogen (secondary N) is 2. The molecule has 0 aliphatic heterocycles. The Balaban J connectivity index is 1.61. The van der Waals surface area contributed by atoms with Crippen molar-refractivity contribution >= 4 is 28.7 Å². The van der Waals surface area contributed by atoms with Crippen molar-refractivity contribution in [2.75, 3.05) is 11.2 Å². The van der Waals surface area contributed by atoms with E-state index >= 15 is 0 Å². The van der Waals surface area contributed by atoms with E-state index in [0.29, 0.717) is 0 Å². The fourth-order valence-corrected chi connectivity index (χ4v) is 2.24. The van der Waals surface area contributed by atoms with Crippen LogP contribution in [0.15, 0.2) is 42.1 Å². The minimum absolute atomic E-state index is 0.148. The Kier molecular flexibility index (Phi) is 3.15. The first-order valence-electron chi connectivity index (χ1n) is 5.53. The fourth-order valence-electron chi connectivity index (χ4n) is 1.57. The number of hydrogen-bond acceptors (Lipinski definition) is 5. The largest absolute Gasteiger partial charge is 0.333 e. The van der Waals surface area contributed by atoms with Crippen molar-refractivity contribution in [1.29, 1.82) is 0 Å². The lowest BCUT2D eigenvalue weighted by atomic mass is 10.3. The van der Waals surface area contributed by atoms with Crippen molar-refractivity contribution in [3.8, 4) is 0 Å². The minimum Gasteiger partial charge on any atom is -0.333 e. The third-order valence-corrected chi connectivity index (χ3v) is 3.25. The Morgan fingerprint density at radius 1 is 1.32 bits per heavy atom. The van der Waals surface area contributed by atoms with Gasteiger partial charge in [0.25, 0.3) is 0 Å². The number of benzene rings is 1. The molecule has 3 rings (SSSR count). The van der Waals surface area contributed by atoms with Gasteiger partial charge in [0.05, 0.1) is 16.8 Å². The molecule has 0 atom stereocenters. The van der Waals surface area contributed by atoms with Crippen LogP contribution < -0.4 is 5.43 Å². The van der Waals surface area contributed by atoms with E-state index in [4.69, 9.17) is 0 Å². The molecule has 0 bridgehead atoms. The van der Waals surface area contributed by atoms with Crippen LogP contribution >= 0.6 is 11.8 Å². The third-order valence-electron chi connectivity index (χ3n) is 2.38. The first-order chi connectivity index (χ1) is 9.31. The average molecular weight is 274 g/mol. The molecule has 0 fully saturated rings. The maximum atomic E-state index is 11.6. The van der Waals surface area contributed by atoms with Crippen LogP contribution in [0.5, 0.6) is 0 Å². The first kappa shape index (κ1) is 11.7. The zero-order valence-corrected chi connectivity index (χ0v) is 10.6. The summed E-state index contributed by atoms with van der Waals surface area (Å²) in [7, 11) is 0. The van der Waals surface area contributed by atoms with E-state index in [0.717, 1.165) is 16.2 Å². The molecular weight excluding hydrogens is 264 g/mol. The summed E-state index contributed by atoms with van der Waals surface area (Å²) < 4.78 is 1.40. The van der Waals surface area contributed by atoms with Gasteiger partial charge in [-0.2, -0.15) is 0 Å². The van der Waals surface area contributed by atoms with Gasteiger partial charge in [-0.15, -0.1) is 10.2 Å². The highest BCUT2D eigenvalue weighted by molar-refractivity contribution is 7.99. The standard InChI is InChI=1S/C11H10N6OS/c18-10(16-17-6-12-13-7-17)5-19-11-14-8-3-1-2-4-9(8)15-11/h1-4,6-7H,5H2,(H,14,15)(H,16,18). The van der Waals surface area contributed by atoms with Crippen molar-refractivity contribution in [1.82, 2.24) is 24.8 Å². The highest BCUT2D eigenvalue weighted by Crippen LogP contribution is 2.18. The summed E-state index contributed by atoms with van der Waals surface area (Å²) in [5.41, 5.74) is 4.47. The lowest BCUT2D eigenvalue weighted by Gasteiger charge is -2.02. The van der Waals surface area contributed by atoms with Crippen molar-refractivity contribution < 1.29 is 4.79 Å². The second-order valence-corrected chi connectivity index (χ2v) is 4.72. The molecule has 2 heterocycles. The number of hydrogen-bond donors (Lipinski definition) is 2. The number of aromatic nitrogens is 5. The van der Waals surface area contributed by atoms with E-state index in [1.54, 1.807) is 0 Å². The Bertz CT molecular complexity index is 659.